The number of thiophene rings is 1. The standard InChI is InChI=1S/C10H10N2O3S/c1-3-5-11-8(13)6-4(2)7(10(14)15)16-9(6)12-5/h3H2,1-2H3,(H,14,15)(H,11,12,13). The number of fused-ring (bicyclic) bond motifs is 1. The summed E-state index contributed by atoms with van der Waals surface area (Å²) in [6.45, 7) is 3.51. The molecule has 0 aliphatic heterocycles. The molecule has 0 saturated carbocycles. The Bertz CT molecular complexity index is 627. The molecule has 2 rings (SSSR count). The highest BCUT2D eigenvalue weighted by molar-refractivity contribution is 7.20. The van der Waals surface area contributed by atoms with Gasteiger partial charge in [0.25, 0.3) is 5.56 Å². The minimum atomic E-state index is -1.02. The SMILES string of the molecule is CCc1nc2sc(C(=O)O)c(C)c2c(=O)[nH]1. The van der Waals surface area contributed by atoms with Crippen molar-refractivity contribution in [1.82, 2.24) is 9.97 Å². The quantitative estimate of drug-likeness (QED) is 0.831. The second kappa shape index (κ2) is 3.71. The van der Waals surface area contributed by atoms with E-state index in [0.29, 0.717) is 28.0 Å². The first kappa shape index (κ1) is 10.8. The lowest BCUT2D eigenvalue weighted by molar-refractivity contribution is 0.0701. The molecule has 0 saturated heterocycles. The largest absolute Gasteiger partial charge is 0.477 e. The number of rotatable bonds is 2. The maximum atomic E-state index is 11.7. The lowest BCUT2D eigenvalue weighted by atomic mass is 10.2. The Balaban J connectivity index is 2.86. The number of nitrogens with zero attached hydrogens (tertiary/aromatic N) is 1. The van der Waals surface area contributed by atoms with Crippen LogP contribution in [0.2, 0.25) is 0 Å². The fourth-order valence-corrected chi connectivity index (χ4v) is 2.60. The molecule has 16 heavy (non-hydrogen) atoms. The molecule has 0 unspecified atom stereocenters. The number of H-pyrrole nitrogens is 1. The number of aryl methyl sites for hydroxylation is 2. The molecule has 2 heterocycles. The first-order valence-corrected chi connectivity index (χ1v) is 5.61. The van der Waals surface area contributed by atoms with Crippen LogP contribution in [0.4, 0.5) is 0 Å². The van der Waals surface area contributed by atoms with Gasteiger partial charge in [0.15, 0.2) is 0 Å². The molecule has 2 aromatic heterocycles. The number of hydrogen-bond donors (Lipinski definition) is 2. The smallest absolute Gasteiger partial charge is 0.346 e. The molecule has 0 bridgehead atoms. The zero-order chi connectivity index (χ0) is 11.9. The van der Waals surface area contributed by atoms with Crippen LogP contribution in [0.1, 0.15) is 28.0 Å². The van der Waals surface area contributed by atoms with E-state index in [-0.39, 0.29) is 10.4 Å². The number of aromatic nitrogens is 2. The van der Waals surface area contributed by atoms with Crippen molar-refractivity contribution in [3.63, 3.8) is 0 Å². The molecular weight excluding hydrogens is 228 g/mol. The van der Waals surface area contributed by atoms with Gasteiger partial charge in [-0.3, -0.25) is 4.79 Å². The van der Waals surface area contributed by atoms with Crippen molar-refractivity contribution in [2.75, 3.05) is 0 Å². The van der Waals surface area contributed by atoms with E-state index in [0.717, 1.165) is 11.3 Å². The minimum absolute atomic E-state index is 0.182. The van der Waals surface area contributed by atoms with E-state index in [9.17, 15) is 9.59 Å². The second-order valence-electron chi connectivity index (χ2n) is 3.41. The van der Waals surface area contributed by atoms with Gasteiger partial charge in [-0.2, -0.15) is 0 Å². The van der Waals surface area contributed by atoms with Gasteiger partial charge in [-0.1, -0.05) is 6.92 Å². The summed E-state index contributed by atoms with van der Waals surface area (Å²) in [4.78, 5) is 30.2. The fourth-order valence-electron chi connectivity index (χ4n) is 1.56. The third-order valence-corrected chi connectivity index (χ3v) is 3.55. The second-order valence-corrected chi connectivity index (χ2v) is 4.41. The van der Waals surface area contributed by atoms with Crippen LogP contribution < -0.4 is 5.56 Å². The lowest BCUT2D eigenvalue weighted by Gasteiger charge is -1.95. The van der Waals surface area contributed by atoms with Gasteiger partial charge in [-0.25, -0.2) is 9.78 Å². The predicted octanol–water partition coefficient (Wildman–Crippen LogP) is 1.55. The van der Waals surface area contributed by atoms with Crippen molar-refractivity contribution in [3.05, 3.63) is 26.6 Å². The molecule has 5 nitrogen and oxygen atoms in total. The number of carbonyl (C=O) groups is 1. The molecule has 0 aliphatic rings. The van der Waals surface area contributed by atoms with E-state index >= 15 is 0 Å². The maximum absolute atomic E-state index is 11.7. The minimum Gasteiger partial charge on any atom is -0.477 e. The van der Waals surface area contributed by atoms with Crippen molar-refractivity contribution in [3.8, 4) is 0 Å². The molecule has 0 atom stereocenters. The van der Waals surface area contributed by atoms with E-state index in [4.69, 9.17) is 5.11 Å². The molecule has 0 aromatic carbocycles. The molecule has 2 aromatic rings. The average molecular weight is 238 g/mol. The van der Waals surface area contributed by atoms with Crippen molar-refractivity contribution >= 4 is 27.5 Å². The summed E-state index contributed by atoms with van der Waals surface area (Å²) in [5, 5.41) is 9.34. The van der Waals surface area contributed by atoms with Crippen molar-refractivity contribution in [2.45, 2.75) is 20.3 Å². The van der Waals surface area contributed by atoms with Gasteiger partial charge in [0.05, 0.1) is 5.39 Å². The Morgan fingerprint density at radius 1 is 1.56 bits per heavy atom. The van der Waals surface area contributed by atoms with Gasteiger partial charge < -0.3 is 10.1 Å². The average Bonchev–Trinajstić information content (AvgIpc) is 2.56. The van der Waals surface area contributed by atoms with Gasteiger partial charge in [0.2, 0.25) is 0 Å². The molecule has 0 fully saturated rings. The normalized spacial score (nSPS) is 10.9. The van der Waals surface area contributed by atoms with Crippen molar-refractivity contribution in [1.29, 1.82) is 0 Å². The Hall–Kier alpha value is -1.69. The number of aromatic amines is 1. The van der Waals surface area contributed by atoms with Crippen LogP contribution in [0.15, 0.2) is 4.79 Å². The molecule has 0 spiro atoms. The Kier molecular flexibility index (Phi) is 2.51. The van der Waals surface area contributed by atoms with Crippen LogP contribution in [0.5, 0.6) is 0 Å². The van der Waals surface area contributed by atoms with E-state index in [1.165, 1.54) is 0 Å². The first-order valence-electron chi connectivity index (χ1n) is 4.80. The highest BCUT2D eigenvalue weighted by Gasteiger charge is 2.17. The van der Waals surface area contributed by atoms with E-state index in [2.05, 4.69) is 9.97 Å². The third kappa shape index (κ3) is 1.51. The van der Waals surface area contributed by atoms with Crippen molar-refractivity contribution in [2.24, 2.45) is 0 Å². The zero-order valence-electron chi connectivity index (χ0n) is 8.83. The summed E-state index contributed by atoms with van der Waals surface area (Å²) in [6.07, 6.45) is 0.616. The summed E-state index contributed by atoms with van der Waals surface area (Å²) >= 11 is 1.05. The first-order chi connectivity index (χ1) is 7.54. The van der Waals surface area contributed by atoms with Gasteiger partial charge in [-0.05, 0) is 12.5 Å². The van der Waals surface area contributed by atoms with Gasteiger partial charge in [-0.15, -0.1) is 11.3 Å². The van der Waals surface area contributed by atoms with Crippen LogP contribution in [0.3, 0.4) is 0 Å². The summed E-state index contributed by atoms with van der Waals surface area (Å²) in [6, 6.07) is 0. The Morgan fingerprint density at radius 3 is 2.81 bits per heavy atom. The zero-order valence-corrected chi connectivity index (χ0v) is 9.64. The third-order valence-electron chi connectivity index (χ3n) is 2.38. The molecule has 6 heteroatoms. The number of carboxylic acid groups (broad SMARTS) is 1. The summed E-state index contributed by atoms with van der Waals surface area (Å²) in [5.74, 6) is -0.436. The van der Waals surface area contributed by atoms with Gasteiger partial charge >= 0.3 is 5.97 Å². The highest BCUT2D eigenvalue weighted by atomic mass is 32.1. The molecule has 0 aliphatic carbocycles. The highest BCUT2D eigenvalue weighted by Crippen LogP contribution is 2.26. The Morgan fingerprint density at radius 2 is 2.25 bits per heavy atom. The number of nitrogens with one attached hydrogen (secondary N) is 1. The number of hydrogen-bond acceptors (Lipinski definition) is 4. The van der Waals surface area contributed by atoms with Crippen LogP contribution in [0, 0.1) is 6.92 Å². The molecule has 84 valence electrons. The van der Waals surface area contributed by atoms with E-state index < -0.39 is 5.97 Å². The van der Waals surface area contributed by atoms with Crippen LogP contribution in [0.25, 0.3) is 10.2 Å². The molecule has 2 N–H and O–H groups in total. The monoisotopic (exact) mass is 238 g/mol. The summed E-state index contributed by atoms with van der Waals surface area (Å²) in [5.41, 5.74) is 0.229. The lowest BCUT2D eigenvalue weighted by Crippen LogP contribution is -2.11. The number of aromatic carboxylic acids is 1. The van der Waals surface area contributed by atoms with Crippen molar-refractivity contribution < 1.29 is 9.90 Å². The fraction of sp³-hybridized carbons (Fsp3) is 0.300. The molecule has 0 radical (unpaired) electrons. The maximum Gasteiger partial charge on any atom is 0.346 e. The van der Waals surface area contributed by atoms with Gasteiger partial charge in [0.1, 0.15) is 15.5 Å². The van der Waals surface area contributed by atoms with E-state index in [1.54, 1.807) is 6.92 Å². The Labute approximate surface area is 94.8 Å². The van der Waals surface area contributed by atoms with E-state index in [1.807, 2.05) is 6.92 Å². The molecular formula is C10H10N2O3S. The van der Waals surface area contributed by atoms with Crippen LogP contribution >= 0.6 is 11.3 Å². The topological polar surface area (TPSA) is 83.0 Å². The number of carboxylic acids is 1. The summed E-state index contributed by atoms with van der Waals surface area (Å²) < 4.78 is 0. The predicted molar refractivity (Wildman–Crippen MR) is 61.3 cm³/mol. The summed E-state index contributed by atoms with van der Waals surface area (Å²) in [7, 11) is 0. The van der Waals surface area contributed by atoms with Crippen LogP contribution in [-0.4, -0.2) is 21.0 Å². The molecule has 0 amide bonds. The van der Waals surface area contributed by atoms with Crippen LogP contribution in [-0.2, 0) is 6.42 Å². The van der Waals surface area contributed by atoms with Gasteiger partial charge in [0, 0.05) is 6.42 Å².